The first-order valence-corrected chi connectivity index (χ1v) is 11.3. The Morgan fingerprint density at radius 1 is 1.16 bits per heavy atom. The van der Waals surface area contributed by atoms with E-state index in [9.17, 15) is 9.59 Å². The van der Waals surface area contributed by atoms with Crippen molar-refractivity contribution >= 4 is 11.8 Å². The summed E-state index contributed by atoms with van der Waals surface area (Å²) < 4.78 is 7.13. The molecule has 2 amide bonds. The molecule has 0 spiro atoms. The zero-order chi connectivity index (χ0) is 22.1. The number of hydrogen-bond donors (Lipinski definition) is 1. The van der Waals surface area contributed by atoms with E-state index in [0.29, 0.717) is 30.2 Å². The van der Waals surface area contributed by atoms with Gasteiger partial charge in [0.15, 0.2) is 5.76 Å². The lowest BCUT2D eigenvalue weighted by Crippen LogP contribution is -2.64. The highest BCUT2D eigenvalue weighted by molar-refractivity contribution is 6.00. The van der Waals surface area contributed by atoms with Crippen LogP contribution in [0.25, 0.3) is 11.5 Å². The largest absolute Gasteiger partial charge is 0.463 e. The molecular weight excluding hydrogens is 404 g/mol. The van der Waals surface area contributed by atoms with Crippen LogP contribution in [-0.2, 0) is 17.9 Å². The highest BCUT2D eigenvalue weighted by Crippen LogP contribution is 2.32. The highest BCUT2D eigenvalue weighted by atomic mass is 16.3. The van der Waals surface area contributed by atoms with Gasteiger partial charge < -0.3 is 14.6 Å². The van der Waals surface area contributed by atoms with Gasteiger partial charge in [-0.25, -0.2) is 0 Å². The quantitative estimate of drug-likeness (QED) is 0.661. The molecule has 7 heteroatoms. The van der Waals surface area contributed by atoms with Crippen molar-refractivity contribution in [3.63, 3.8) is 0 Å². The molecule has 1 N–H and O–H groups in total. The molecule has 1 aliphatic heterocycles. The molecule has 3 heterocycles. The molecule has 1 unspecified atom stereocenters. The Hall–Kier alpha value is -3.35. The van der Waals surface area contributed by atoms with Crippen LogP contribution >= 0.6 is 0 Å². The molecule has 0 bridgehead atoms. The van der Waals surface area contributed by atoms with Gasteiger partial charge in [-0.2, -0.15) is 5.10 Å². The summed E-state index contributed by atoms with van der Waals surface area (Å²) in [5, 5.41) is 7.84. The van der Waals surface area contributed by atoms with E-state index in [1.807, 2.05) is 43.3 Å². The number of fused-ring (bicyclic) bond motifs is 1. The minimum absolute atomic E-state index is 0.116. The number of rotatable bonds is 5. The summed E-state index contributed by atoms with van der Waals surface area (Å²) in [4.78, 5) is 29.0. The Kier molecular flexibility index (Phi) is 5.33. The summed E-state index contributed by atoms with van der Waals surface area (Å²) in [7, 11) is 0. The van der Waals surface area contributed by atoms with Crippen LogP contribution in [0, 0.1) is 0 Å². The van der Waals surface area contributed by atoms with Gasteiger partial charge in [0.25, 0.3) is 5.91 Å². The molecule has 0 saturated heterocycles. The normalized spacial score (nSPS) is 21.4. The first-order chi connectivity index (χ1) is 15.5. The van der Waals surface area contributed by atoms with Gasteiger partial charge in [0.2, 0.25) is 5.91 Å². The minimum atomic E-state index is -1.05. The molecule has 1 aliphatic carbocycles. The molecule has 1 saturated carbocycles. The van der Waals surface area contributed by atoms with Crippen LogP contribution in [0.3, 0.4) is 0 Å². The number of furan rings is 1. The number of carbonyl (C=O) groups is 2. The summed E-state index contributed by atoms with van der Waals surface area (Å²) in [5.74, 6) is 0.281. The van der Waals surface area contributed by atoms with Crippen molar-refractivity contribution < 1.29 is 14.0 Å². The van der Waals surface area contributed by atoms with Gasteiger partial charge >= 0.3 is 0 Å². The van der Waals surface area contributed by atoms with Crippen LogP contribution in [0.1, 0.15) is 55.1 Å². The monoisotopic (exact) mass is 432 g/mol. The van der Waals surface area contributed by atoms with Crippen LogP contribution in [0.2, 0.25) is 0 Å². The standard InChI is InChI=1S/C25H28N4O3/c1-25(24(31)26-19-11-6-3-7-12-19)17-29-21(15-20(27-29)22-13-8-14-32-22)23(30)28(25)16-18-9-4-2-5-10-18/h2,4-5,8-10,13-15,19H,3,6-7,11-12,16-17H2,1H3,(H,26,31). The van der Waals surface area contributed by atoms with Crippen LogP contribution in [0.4, 0.5) is 0 Å². The minimum Gasteiger partial charge on any atom is -0.463 e. The van der Waals surface area contributed by atoms with Crippen molar-refractivity contribution in [3.05, 3.63) is 66.1 Å². The number of benzene rings is 1. The van der Waals surface area contributed by atoms with Crippen molar-refractivity contribution in [3.8, 4) is 11.5 Å². The smallest absolute Gasteiger partial charge is 0.273 e. The predicted molar refractivity (Wildman–Crippen MR) is 120 cm³/mol. The molecule has 2 aromatic heterocycles. The highest BCUT2D eigenvalue weighted by Gasteiger charge is 2.48. The topological polar surface area (TPSA) is 80.4 Å². The Morgan fingerprint density at radius 3 is 2.66 bits per heavy atom. The number of aromatic nitrogens is 2. The molecular formula is C25H28N4O3. The van der Waals surface area contributed by atoms with Gasteiger partial charge in [-0.05, 0) is 37.5 Å². The van der Waals surface area contributed by atoms with Crippen molar-refractivity contribution in [2.45, 2.75) is 63.7 Å². The second-order valence-corrected chi connectivity index (χ2v) is 9.01. The van der Waals surface area contributed by atoms with Crippen LogP contribution in [0.5, 0.6) is 0 Å². The fourth-order valence-corrected chi connectivity index (χ4v) is 4.79. The van der Waals surface area contributed by atoms with E-state index in [0.717, 1.165) is 31.2 Å². The molecule has 1 aromatic carbocycles. The second kappa shape index (κ2) is 8.30. The van der Waals surface area contributed by atoms with Gasteiger partial charge in [-0.15, -0.1) is 0 Å². The first-order valence-electron chi connectivity index (χ1n) is 11.3. The van der Waals surface area contributed by atoms with Crippen molar-refractivity contribution in [1.82, 2.24) is 20.0 Å². The van der Waals surface area contributed by atoms with Crippen molar-refractivity contribution in [2.75, 3.05) is 0 Å². The third kappa shape index (κ3) is 3.72. The third-order valence-corrected chi connectivity index (χ3v) is 6.68. The maximum atomic E-state index is 13.7. The van der Waals surface area contributed by atoms with Gasteiger partial charge in [-0.1, -0.05) is 49.6 Å². The van der Waals surface area contributed by atoms with Crippen LogP contribution in [-0.4, -0.2) is 38.1 Å². The Bertz CT molecular complexity index is 1100. The van der Waals surface area contributed by atoms with Crippen LogP contribution in [0.15, 0.2) is 59.2 Å². The first kappa shape index (κ1) is 20.5. The van der Waals surface area contributed by atoms with E-state index in [1.165, 1.54) is 6.42 Å². The predicted octanol–water partition coefficient (Wildman–Crippen LogP) is 4.01. The number of nitrogens with one attached hydrogen (secondary N) is 1. The van der Waals surface area contributed by atoms with Gasteiger partial charge in [0, 0.05) is 18.7 Å². The summed E-state index contributed by atoms with van der Waals surface area (Å²) in [6.07, 6.45) is 7.04. The summed E-state index contributed by atoms with van der Waals surface area (Å²) in [6, 6.07) is 15.3. The average Bonchev–Trinajstić information content (AvgIpc) is 3.48. The van der Waals surface area contributed by atoms with E-state index < -0.39 is 5.54 Å². The number of amides is 2. The Balaban J connectivity index is 1.50. The van der Waals surface area contributed by atoms with Gasteiger partial charge in [-0.3, -0.25) is 14.3 Å². The summed E-state index contributed by atoms with van der Waals surface area (Å²) >= 11 is 0. The third-order valence-electron chi connectivity index (χ3n) is 6.68. The molecule has 0 radical (unpaired) electrons. The zero-order valence-electron chi connectivity index (χ0n) is 18.3. The maximum absolute atomic E-state index is 13.7. The lowest BCUT2D eigenvalue weighted by atomic mass is 9.91. The van der Waals surface area contributed by atoms with Crippen molar-refractivity contribution in [2.24, 2.45) is 0 Å². The lowest BCUT2D eigenvalue weighted by molar-refractivity contribution is -0.134. The lowest BCUT2D eigenvalue weighted by Gasteiger charge is -2.44. The molecule has 1 fully saturated rings. The van der Waals surface area contributed by atoms with Crippen molar-refractivity contribution in [1.29, 1.82) is 0 Å². The number of carbonyl (C=O) groups excluding carboxylic acids is 2. The van der Waals surface area contributed by atoms with Gasteiger partial charge in [0.05, 0.1) is 12.8 Å². The number of nitrogens with zero attached hydrogens (tertiary/aromatic N) is 3. The molecule has 32 heavy (non-hydrogen) atoms. The summed E-state index contributed by atoms with van der Waals surface area (Å²) in [6.45, 7) is 2.50. The Morgan fingerprint density at radius 2 is 1.94 bits per heavy atom. The summed E-state index contributed by atoms with van der Waals surface area (Å²) in [5.41, 5.74) is 0.992. The van der Waals surface area contributed by atoms with E-state index in [4.69, 9.17) is 4.42 Å². The molecule has 2 aliphatic rings. The number of hydrogen-bond acceptors (Lipinski definition) is 4. The second-order valence-electron chi connectivity index (χ2n) is 9.01. The molecule has 5 rings (SSSR count). The Labute approximate surface area is 187 Å². The SMILES string of the molecule is CC1(C(=O)NC2CCCCC2)Cn2nc(-c3ccco3)cc2C(=O)N1Cc1ccccc1. The van der Waals surface area contributed by atoms with Gasteiger partial charge in [0.1, 0.15) is 16.9 Å². The zero-order valence-corrected chi connectivity index (χ0v) is 18.3. The van der Waals surface area contributed by atoms with E-state index in [-0.39, 0.29) is 17.9 Å². The molecule has 7 nitrogen and oxygen atoms in total. The maximum Gasteiger partial charge on any atom is 0.273 e. The fourth-order valence-electron chi connectivity index (χ4n) is 4.79. The molecule has 1 atom stereocenters. The van der Waals surface area contributed by atoms with Crippen LogP contribution < -0.4 is 5.32 Å². The average molecular weight is 433 g/mol. The fraction of sp³-hybridized carbons (Fsp3) is 0.400. The van der Waals surface area contributed by atoms with E-state index in [2.05, 4.69) is 10.4 Å². The van der Waals surface area contributed by atoms with E-state index in [1.54, 1.807) is 28.0 Å². The van der Waals surface area contributed by atoms with E-state index >= 15 is 0 Å². The molecule has 3 aromatic rings. The molecule has 166 valence electrons.